The fourth-order valence-electron chi connectivity index (χ4n) is 3.33. The number of hydrogen-bond acceptors (Lipinski definition) is 5. The van der Waals surface area contributed by atoms with E-state index in [0.29, 0.717) is 17.0 Å². The zero-order chi connectivity index (χ0) is 14.2. The van der Waals surface area contributed by atoms with Crippen LogP contribution in [0.3, 0.4) is 0 Å². The van der Waals surface area contributed by atoms with E-state index in [1.807, 2.05) is 12.1 Å². The van der Waals surface area contributed by atoms with Gasteiger partial charge in [-0.15, -0.1) is 11.3 Å². The van der Waals surface area contributed by atoms with Crippen molar-refractivity contribution in [2.75, 3.05) is 13.1 Å². The standard InChI is InChI=1S/C15H17N3O2S/c19-15(18-10-3-4-11(18)8-16-6-5-10)13-9-17-14(21-13)12-2-1-7-20-12/h1-2,7,9-11,16H,3-6,8H2. The first-order chi connectivity index (χ1) is 10.3. The Bertz CT molecular complexity index is 623. The maximum absolute atomic E-state index is 12.8. The van der Waals surface area contributed by atoms with Crippen molar-refractivity contribution in [2.45, 2.75) is 31.3 Å². The second kappa shape index (κ2) is 5.27. The number of carbonyl (C=O) groups excluding carboxylic acids is 1. The summed E-state index contributed by atoms with van der Waals surface area (Å²) in [5.74, 6) is 0.848. The predicted octanol–water partition coefficient (Wildman–Crippen LogP) is 2.37. The van der Waals surface area contributed by atoms with E-state index in [4.69, 9.17) is 4.42 Å². The highest BCUT2D eigenvalue weighted by atomic mass is 32.1. The lowest BCUT2D eigenvalue weighted by molar-refractivity contribution is 0.0685. The van der Waals surface area contributed by atoms with Crippen molar-refractivity contribution in [1.82, 2.24) is 15.2 Å². The molecule has 6 heteroatoms. The van der Waals surface area contributed by atoms with Gasteiger partial charge in [0.05, 0.1) is 12.5 Å². The van der Waals surface area contributed by atoms with E-state index >= 15 is 0 Å². The molecule has 0 aliphatic carbocycles. The summed E-state index contributed by atoms with van der Waals surface area (Å²) in [5, 5.41) is 4.19. The summed E-state index contributed by atoms with van der Waals surface area (Å²) in [7, 11) is 0. The van der Waals surface area contributed by atoms with Gasteiger partial charge in [-0.1, -0.05) is 0 Å². The van der Waals surface area contributed by atoms with Crippen LogP contribution in [0.5, 0.6) is 0 Å². The van der Waals surface area contributed by atoms with E-state index in [0.717, 1.165) is 43.1 Å². The molecule has 0 spiro atoms. The van der Waals surface area contributed by atoms with Crippen LogP contribution in [0.15, 0.2) is 29.0 Å². The van der Waals surface area contributed by atoms with Crippen LogP contribution in [0, 0.1) is 0 Å². The molecule has 2 unspecified atom stereocenters. The summed E-state index contributed by atoms with van der Waals surface area (Å²) in [4.78, 5) is 20.0. The van der Waals surface area contributed by atoms with Crippen LogP contribution in [0.2, 0.25) is 0 Å². The fourth-order valence-corrected chi connectivity index (χ4v) is 4.16. The number of carbonyl (C=O) groups is 1. The molecule has 1 amide bonds. The number of thiazole rings is 1. The molecule has 5 nitrogen and oxygen atoms in total. The van der Waals surface area contributed by atoms with Crippen molar-refractivity contribution in [1.29, 1.82) is 0 Å². The summed E-state index contributed by atoms with van der Waals surface area (Å²) < 4.78 is 5.35. The molecular formula is C15H17N3O2S. The molecule has 2 aromatic rings. The Hall–Kier alpha value is -1.66. The third kappa shape index (κ3) is 2.28. The molecule has 2 bridgehead atoms. The molecule has 2 aliphatic heterocycles. The lowest BCUT2D eigenvalue weighted by atomic mass is 10.1. The van der Waals surface area contributed by atoms with E-state index < -0.39 is 0 Å². The van der Waals surface area contributed by atoms with Gasteiger partial charge in [-0.25, -0.2) is 4.98 Å². The van der Waals surface area contributed by atoms with Gasteiger partial charge in [-0.05, 0) is 37.9 Å². The number of furan rings is 1. The zero-order valence-electron chi connectivity index (χ0n) is 11.6. The summed E-state index contributed by atoms with van der Waals surface area (Å²) >= 11 is 1.41. The number of aromatic nitrogens is 1. The van der Waals surface area contributed by atoms with Crippen molar-refractivity contribution in [3.63, 3.8) is 0 Å². The van der Waals surface area contributed by atoms with Crippen LogP contribution in [0.25, 0.3) is 10.8 Å². The second-order valence-corrected chi connectivity index (χ2v) is 6.63. The van der Waals surface area contributed by atoms with Crippen molar-refractivity contribution in [3.8, 4) is 10.8 Å². The number of rotatable bonds is 2. The first-order valence-electron chi connectivity index (χ1n) is 7.36. The summed E-state index contributed by atoms with van der Waals surface area (Å²) in [6.45, 7) is 1.91. The molecule has 4 rings (SSSR count). The Morgan fingerprint density at radius 2 is 2.29 bits per heavy atom. The molecule has 1 N–H and O–H groups in total. The van der Waals surface area contributed by atoms with Crippen LogP contribution >= 0.6 is 11.3 Å². The lowest BCUT2D eigenvalue weighted by Crippen LogP contribution is -2.42. The molecule has 2 fully saturated rings. The highest BCUT2D eigenvalue weighted by Gasteiger charge is 2.38. The van der Waals surface area contributed by atoms with Crippen molar-refractivity contribution in [2.24, 2.45) is 0 Å². The maximum Gasteiger partial charge on any atom is 0.266 e. The first-order valence-corrected chi connectivity index (χ1v) is 8.17. The van der Waals surface area contributed by atoms with Gasteiger partial charge >= 0.3 is 0 Å². The third-order valence-electron chi connectivity index (χ3n) is 4.34. The van der Waals surface area contributed by atoms with E-state index in [-0.39, 0.29) is 5.91 Å². The smallest absolute Gasteiger partial charge is 0.266 e. The van der Waals surface area contributed by atoms with Gasteiger partial charge in [0.1, 0.15) is 4.88 Å². The molecule has 0 saturated carbocycles. The minimum atomic E-state index is 0.126. The normalized spacial score (nSPS) is 25.0. The number of amides is 1. The van der Waals surface area contributed by atoms with Crippen LogP contribution in [0.4, 0.5) is 0 Å². The Kier molecular flexibility index (Phi) is 3.27. The van der Waals surface area contributed by atoms with E-state index in [9.17, 15) is 4.79 Å². The van der Waals surface area contributed by atoms with Crippen LogP contribution in [-0.2, 0) is 0 Å². The van der Waals surface area contributed by atoms with Gasteiger partial charge in [0, 0.05) is 18.6 Å². The topological polar surface area (TPSA) is 58.4 Å². The molecule has 110 valence electrons. The summed E-state index contributed by atoms with van der Waals surface area (Å²) in [6.07, 6.45) is 6.59. The average Bonchev–Trinajstić information content (AvgIpc) is 3.15. The zero-order valence-corrected chi connectivity index (χ0v) is 12.4. The third-order valence-corrected chi connectivity index (χ3v) is 5.34. The van der Waals surface area contributed by atoms with Gasteiger partial charge in [0.2, 0.25) is 0 Å². The summed E-state index contributed by atoms with van der Waals surface area (Å²) in [5.41, 5.74) is 0. The monoisotopic (exact) mass is 303 g/mol. The molecule has 4 heterocycles. The second-order valence-electron chi connectivity index (χ2n) is 5.60. The van der Waals surface area contributed by atoms with E-state index in [1.54, 1.807) is 12.5 Å². The minimum absolute atomic E-state index is 0.126. The Morgan fingerprint density at radius 1 is 1.38 bits per heavy atom. The minimum Gasteiger partial charge on any atom is -0.462 e. The van der Waals surface area contributed by atoms with Gasteiger partial charge in [-0.2, -0.15) is 0 Å². The first kappa shape index (κ1) is 13.0. The number of fused-ring (bicyclic) bond motifs is 2. The molecule has 0 radical (unpaired) electrons. The summed E-state index contributed by atoms with van der Waals surface area (Å²) in [6, 6.07) is 4.41. The molecule has 2 aromatic heterocycles. The Labute approximate surface area is 127 Å². The van der Waals surface area contributed by atoms with Crippen LogP contribution < -0.4 is 5.32 Å². The quantitative estimate of drug-likeness (QED) is 0.925. The van der Waals surface area contributed by atoms with E-state index in [1.165, 1.54) is 11.3 Å². The van der Waals surface area contributed by atoms with Gasteiger partial charge in [0.25, 0.3) is 5.91 Å². The fraction of sp³-hybridized carbons (Fsp3) is 0.467. The average molecular weight is 303 g/mol. The highest BCUT2D eigenvalue weighted by Crippen LogP contribution is 2.32. The van der Waals surface area contributed by atoms with Gasteiger partial charge < -0.3 is 14.6 Å². The van der Waals surface area contributed by atoms with Crippen molar-refractivity contribution in [3.05, 3.63) is 29.5 Å². The van der Waals surface area contributed by atoms with Crippen molar-refractivity contribution < 1.29 is 9.21 Å². The van der Waals surface area contributed by atoms with E-state index in [2.05, 4.69) is 15.2 Å². The Balaban J connectivity index is 1.60. The van der Waals surface area contributed by atoms with Gasteiger partial charge in [-0.3, -0.25) is 4.79 Å². The molecular weight excluding hydrogens is 286 g/mol. The molecule has 21 heavy (non-hydrogen) atoms. The largest absolute Gasteiger partial charge is 0.462 e. The number of hydrogen-bond donors (Lipinski definition) is 1. The van der Waals surface area contributed by atoms with Gasteiger partial charge in [0.15, 0.2) is 10.8 Å². The molecule has 0 aromatic carbocycles. The SMILES string of the molecule is O=C(c1cnc(-c2ccco2)s1)N1C2CCNCC1CC2. The van der Waals surface area contributed by atoms with Crippen LogP contribution in [-0.4, -0.2) is 41.0 Å². The van der Waals surface area contributed by atoms with Crippen molar-refractivity contribution >= 4 is 17.2 Å². The predicted molar refractivity (Wildman–Crippen MR) is 80.3 cm³/mol. The molecule has 2 atom stereocenters. The lowest BCUT2D eigenvalue weighted by Gasteiger charge is -2.27. The molecule has 2 aliphatic rings. The molecule has 2 saturated heterocycles. The van der Waals surface area contributed by atoms with Crippen LogP contribution in [0.1, 0.15) is 28.9 Å². The number of nitrogens with zero attached hydrogens (tertiary/aromatic N) is 2. The highest BCUT2D eigenvalue weighted by molar-refractivity contribution is 7.16. The Morgan fingerprint density at radius 3 is 3.14 bits per heavy atom. The number of nitrogens with one attached hydrogen (secondary N) is 1. The maximum atomic E-state index is 12.8.